The fourth-order valence-electron chi connectivity index (χ4n) is 3.07. The summed E-state index contributed by atoms with van der Waals surface area (Å²) in [6.45, 7) is 7.30. The molecule has 0 saturated carbocycles. The fraction of sp³-hybridized carbons (Fsp3) is 0.562. The van der Waals surface area contributed by atoms with Crippen molar-refractivity contribution in [2.75, 3.05) is 31.6 Å². The van der Waals surface area contributed by atoms with E-state index < -0.39 is 0 Å². The van der Waals surface area contributed by atoms with Gasteiger partial charge in [-0.05, 0) is 44.0 Å². The molecular weight excluding hydrogens is 252 g/mol. The number of carbonyl (C=O) groups is 1. The lowest BCUT2D eigenvalue weighted by Crippen LogP contribution is -2.45. The number of rotatable bonds is 3. The third-order valence-corrected chi connectivity index (χ3v) is 4.29. The standard InChI is InChI=1S/C16H22N2O2/c1-11-9-14-10-13(3-4-15(14)17-11)16(19)12(2)18-5-7-20-8-6-18/h3-4,10-12,17H,5-9H2,1-2H3. The minimum Gasteiger partial charge on any atom is -0.382 e. The third kappa shape index (κ3) is 2.58. The molecule has 4 nitrogen and oxygen atoms in total. The van der Waals surface area contributed by atoms with Gasteiger partial charge in [0.05, 0.1) is 19.3 Å². The van der Waals surface area contributed by atoms with Crippen LogP contribution >= 0.6 is 0 Å². The Bertz CT molecular complexity index is 509. The van der Waals surface area contributed by atoms with E-state index in [1.54, 1.807) is 0 Å². The summed E-state index contributed by atoms with van der Waals surface area (Å²) in [5.74, 6) is 0.217. The van der Waals surface area contributed by atoms with Crippen LogP contribution in [0.4, 0.5) is 5.69 Å². The molecular formula is C16H22N2O2. The summed E-state index contributed by atoms with van der Waals surface area (Å²) in [6, 6.07) is 6.45. The smallest absolute Gasteiger partial charge is 0.179 e. The average molecular weight is 274 g/mol. The molecule has 2 atom stereocenters. The van der Waals surface area contributed by atoms with E-state index >= 15 is 0 Å². The normalized spacial score (nSPS) is 24.0. The number of benzene rings is 1. The highest BCUT2D eigenvalue weighted by molar-refractivity contribution is 6.00. The van der Waals surface area contributed by atoms with Crippen LogP contribution in [0.15, 0.2) is 18.2 Å². The minimum absolute atomic E-state index is 0.0660. The van der Waals surface area contributed by atoms with Gasteiger partial charge in [0.25, 0.3) is 0 Å². The molecule has 1 saturated heterocycles. The first-order chi connectivity index (χ1) is 9.65. The van der Waals surface area contributed by atoms with Crippen molar-refractivity contribution < 1.29 is 9.53 Å². The summed E-state index contributed by atoms with van der Waals surface area (Å²) >= 11 is 0. The topological polar surface area (TPSA) is 41.6 Å². The molecule has 2 aliphatic rings. The van der Waals surface area contributed by atoms with Crippen LogP contribution in [0.5, 0.6) is 0 Å². The summed E-state index contributed by atoms with van der Waals surface area (Å²) < 4.78 is 5.35. The van der Waals surface area contributed by atoms with Gasteiger partial charge in [-0.15, -0.1) is 0 Å². The molecule has 1 aromatic carbocycles. The number of anilines is 1. The maximum atomic E-state index is 12.6. The van der Waals surface area contributed by atoms with Crippen molar-refractivity contribution in [2.24, 2.45) is 0 Å². The lowest BCUT2D eigenvalue weighted by Gasteiger charge is -2.31. The third-order valence-electron chi connectivity index (χ3n) is 4.29. The first kappa shape index (κ1) is 13.6. The molecule has 0 amide bonds. The molecule has 2 unspecified atom stereocenters. The highest BCUT2D eigenvalue weighted by Crippen LogP contribution is 2.27. The maximum Gasteiger partial charge on any atom is 0.179 e. The molecule has 2 aliphatic heterocycles. The van der Waals surface area contributed by atoms with Crippen LogP contribution in [0.1, 0.15) is 29.8 Å². The summed E-state index contributed by atoms with van der Waals surface area (Å²) in [7, 11) is 0. The molecule has 3 rings (SSSR count). The Balaban J connectivity index is 1.75. The molecule has 1 aromatic rings. The van der Waals surface area contributed by atoms with E-state index in [0.717, 1.165) is 38.3 Å². The molecule has 0 aliphatic carbocycles. The summed E-state index contributed by atoms with van der Waals surface area (Å²) in [4.78, 5) is 14.8. The van der Waals surface area contributed by atoms with Crippen molar-refractivity contribution in [3.05, 3.63) is 29.3 Å². The summed E-state index contributed by atoms with van der Waals surface area (Å²) in [5.41, 5.74) is 3.27. The van der Waals surface area contributed by atoms with Crippen LogP contribution in [0.3, 0.4) is 0 Å². The lowest BCUT2D eigenvalue weighted by molar-refractivity contribution is 0.0208. The lowest BCUT2D eigenvalue weighted by atomic mass is 10.00. The monoisotopic (exact) mass is 274 g/mol. The molecule has 2 heterocycles. The first-order valence-electron chi connectivity index (χ1n) is 7.40. The van der Waals surface area contributed by atoms with Gasteiger partial charge in [0.2, 0.25) is 0 Å². The van der Waals surface area contributed by atoms with Gasteiger partial charge in [-0.3, -0.25) is 9.69 Å². The molecule has 1 N–H and O–H groups in total. The Kier molecular flexibility index (Phi) is 3.76. The molecule has 20 heavy (non-hydrogen) atoms. The number of ketones is 1. The number of nitrogens with zero attached hydrogens (tertiary/aromatic N) is 1. The van der Waals surface area contributed by atoms with E-state index in [-0.39, 0.29) is 11.8 Å². The van der Waals surface area contributed by atoms with Crippen LogP contribution in [0, 0.1) is 0 Å². The number of fused-ring (bicyclic) bond motifs is 1. The van der Waals surface area contributed by atoms with E-state index in [1.807, 2.05) is 19.1 Å². The highest BCUT2D eigenvalue weighted by Gasteiger charge is 2.25. The van der Waals surface area contributed by atoms with Crippen molar-refractivity contribution in [1.82, 2.24) is 4.90 Å². The van der Waals surface area contributed by atoms with Crippen LogP contribution in [0.2, 0.25) is 0 Å². The summed E-state index contributed by atoms with van der Waals surface area (Å²) in [5, 5.41) is 3.42. The number of ether oxygens (including phenoxy) is 1. The highest BCUT2D eigenvalue weighted by atomic mass is 16.5. The van der Waals surface area contributed by atoms with Gasteiger partial charge in [0.1, 0.15) is 0 Å². The Morgan fingerprint density at radius 2 is 2.15 bits per heavy atom. The Morgan fingerprint density at radius 3 is 2.90 bits per heavy atom. The Morgan fingerprint density at radius 1 is 1.40 bits per heavy atom. The predicted octanol–water partition coefficient (Wildman–Crippen LogP) is 1.95. The molecule has 0 aromatic heterocycles. The Labute approximate surface area is 120 Å². The SMILES string of the molecule is CC1Cc2cc(C(=O)C(C)N3CCOCC3)ccc2N1. The minimum atomic E-state index is -0.0660. The van der Waals surface area contributed by atoms with Crippen molar-refractivity contribution in [3.63, 3.8) is 0 Å². The van der Waals surface area contributed by atoms with E-state index in [1.165, 1.54) is 11.3 Å². The van der Waals surface area contributed by atoms with E-state index in [2.05, 4.69) is 23.2 Å². The molecule has 0 radical (unpaired) electrons. The van der Waals surface area contributed by atoms with E-state index in [0.29, 0.717) is 6.04 Å². The van der Waals surface area contributed by atoms with Crippen LogP contribution in [-0.2, 0) is 11.2 Å². The second kappa shape index (κ2) is 5.54. The van der Waals surface area contributed by atoms with Crippen LogP contribution in [-0.4, -0.2) is 49.1 Å². The molecule has 0 spiro atoms. The molecule has 108 valence electrons. The number of hydrogen-bond acceptors (Lipinski definition) is 4. The quantitative estimate of drug-likeness (QED) is 0.855. The summed E-state index contributed by atoms with van der Waals surface area (Å²) in [6.07, 6.45) is 1.00. The van der Waals surface area contributed by atoms with Crippen LogP contribution in [0.25, 0.3) is 0 Å². The number of Topliss-reactive ketones (excluding diaryl/α,β-unsaturated/α-hetero) is 1. The van der Waals surface area contributed by atoms with E-state index in [9.17, 15) is 4.79 Å². The van der Waals surface area contributed by atoms with Gasteiger partial charge < -0.3 is 10.1 Å². The van der Waals surface area contributed by atoms with Crippen molar-refractivity contribution >= 4 is 11.5 Å². The van der Waals surface area contributed by atoms with Crippen molar-refractivity contribution in [2.45, 2.75) is 32.4 Å². The van der Waals surface area contributed by atoms with Gasteiger partial charge in [0, 0.05) is 30.4 Å². The van der Waals surface area contributed by atoms with Gasteiger partial charge in [-0.2, -0.15) is 0 Å². The molecule has 4 heteroatoms. The number of hydrogen-bond donors (Lipinski definition) is 1. The fourth-order valence-corrected chi connectivity index (χ4v) is 3.07. The zero-order valence-electron chi connectivity index (χ0n) is 12.2. The number of morpholine rings is 1. The second-order valence-electron chi connectivity index (χ2n) is 5.81. The largest absolute Gasteiger partial charge is 0.382 e. The van der Waals surface area contributed by atoms with Crippen molar-refractivity contribution in [1.29, 1.82) is 0 Å². The first-order valence-corrected chi connectivity index (χ1v) is 7.40. The second-order valence-corrected chi connectivity index (χ2v) is 5.81. The zero-order valence-corrected chi connectivity index (χ0v) is 12.2. The van der Waals surface area contributed by atoms with Crippen molar-refractivity contribution in [3.8, 4) is 0 Å². The number of nitrogens with one attached hydrogen (secondary N) is 1. The zero-order chi connectivity index (χ0) is 14.1. The van der Waals surface area contributed by atoms with Gasteiger partial charge in [0.15, 0.2) is 5.78 Å². The molecule has 1 fully saturated rings. The van der Waals surface area contributed by atoms with Gasteiger partial charge in [-0.1, -0.05) is 0 Å². The number of carbonyl (C=O) groups excluding carboxylic acids is 1. The maximum absolute atomic E-state index is 12.6. The van der Waals surface area contributed by atoms with E-state index in [4.69, 9.17) is 4.74 Å². The average Bonchev–Trinajstić information content (AvgIpc) is 2.85. The predicted molar refractivity (Wildman–Crippen MR) is 79.4 cm³/mol. The van der Waals surface area contributed by atoms with Crippen LogP contribution < -0.4 is 5.32 Å². The van der Waals surface area contributed by atoms with Gasteiger partial charge in [-0.25, -0.2) is 0 Å². The Hall–Kier alpha value is -1.39. The van der Waals surface area contributed by atoms with Gasteiger partial charge >= 0.3 is 0 Å². The molecule has 0 bridgehead atoms.